The van der Waals surface area contributed by atoms with Gasteiger partial charge in [0.25, 0.3) is 0 Å². The topological polar surface area (TPSA) is 21.3 Å². The number of methoxy groups -OCH3 is 1. The molecule has 2 rings (SSSR count). The average Bonchev–Trinajstić information content (AvgIpc) is 2.16. The van der Waals surface area contributed by atoms with Gasteiger partial charge in [0, 0.05) is 7.11 Å². The Balaban J connectivity index is 1.94. The summed E-state index contributed by atoms with van der Waals surface area (Å²) in [7, 11) is 1.85. The second kappa shape index (κ2) is 4.19. The minimum absolute atomic E-state index is 0.562. The van der Waals surface area contributed by atoms with Gasteiger partial charge < -0.3 is 10.1 Å². The van der Waals surface area contributed by atoms with Crippen molar-refractivity contribution < 1.29 is 4.74 Å². The lowest BCUT2D eigenvalue weighted by Gasteiger charge is -2.54. The minimum atomic E-state index is 0.562. The van der Waals surface area contributed by atoms with Crippen molar-refractivity contribution in [2.75, 3.05) is 20.2 Å². The SMILES string of the molecule is CCCC1CNCCC12CC(OC)C2. The van der Waals surface area contributed by atoms with E-state index in [2.05, 4.69) is 12.2 Å². The van der Waals surface area contributed by atoms with Gasteiger partial charge in [-0.05, 0) is 50.1 Å². The average molecular weight is 197 g/mol. The van der Waals surface area contributed by atoms with E-state index >= 15 is 0 Å². The molecule has 1 aliphatic heterocycles. The molecule has 2 heteroatoms. The summed E-state index contributed by atoms with van der Waals surface area (Å²) < 4.78 is 5.42. The van der Waals surface area contributed by atoms with Gasteiger partial charge in [-0.2, -0.15) is 0 Å². The van der Waals surface area contributed by atoms with E-state index in [0.29, 0.717) is 11.5 Å². The van der Waals surface area contributed by atoms with Crippen LogP contribution in [0.15, 0.2) is 0 Å². The Bertz CT molecular complexity index is 185. The van der Waals surface area contributed by atoms with E-state index in [1.54, 1.807) is 0 Å². The van der Waals surface area contributed by atoms with E-state index in [1.165, 1.54) is 45.2 Å². The van der Waals surface area contributed by atoms with Crippen LogP contribution in [0.1, 0.15) is 39.0 Å². The summed E-state index contributed by atoms with van der Waals surface area (Å²) in [6, 6.07) is 0. The summed E-state index contributed by atoms with van der Waals surface area (Å²) in [6.07, 6.45) is 7.28. The number of piperidine rings is 1. The summed E-state index contributed by atoms with van der Waals surface area (Å²) in [5.74, 6) is 0.910. The number of rotatable bonds is 3. The lowest BCUT2D eigenvalue weighted by molar-refractivity contribution is -0.105. The van der Waals surface area contributed by atoms with Crippen LogP contribution in [0.4, 0.5) is 0 Å². The van der Waals surface area contributed by atoms with Crippen molar-refractivity contribution in [1.82, 2.24) is 5.32 Å². The quantitative estimate of drug-likeness (QED) is 0.749. The molecule has 1 aliphatic carbocycles. The van der Waals surface area contributed by atoms with E-state index in [1.807, 2.05) is 7.11 Å². The minimum Gasteiger partial charge on any atom is -0.381 e. The predicted molar refractivity (Wildman–Crippen MR) is 58.3 cm³/mol. The van der Waals surface area contributed by atoms with Gasteiger partial charge in [0.2, 0.25) is 0 Å². The lowest BCUT2D eigenvalue weighted by Crippen LogP contribution is -2.54. The molecule has 0 bridgehead atoms. The van der Waals surface area contributed by atoms with Crippen LogP contribution in [0.25, 0.3) is 0 Å². The lowest BCUT2D eigenvalue weighted by atomic mass is 9.55. The molecule has 2 aliphatic rings. The summed E-state index contributed by atoms with van der Waals surface area (Å²) in [5, 5.41) is 3.54. The van der Waals surface area contributed by atoms with Gasteiger partial charge in [-0.15, -0.1) is 0 Å². The molecule has 0 aromatic rings. The third-order valence-corrected chi connectivity index (χ3v) is 4.30. The van der Waals surface area contributed by atoms with Gasteiger partial charge in [-0.1, -0.05) is 13.3 Å². The van der Waals surface area contributed by atoms with E-state index in [-0.39, 0.29) is 0 Å². The van der Waals surface area contributed by atoms with Crippen molar-refractivity contribution >= 4 is 0 Å². The summed E-state index contributed by atoms with van der Waals surface area (Å²) in [5.41, 5.74) is 0.655. The standard InChI is InChI=1S/C12H23NO/c1-3-4-10-9-13-6-5-12(10)7-11(8-12)14-2/h10-11,13H,3-9H2,1-2H3. The van der Waals surface area contributed by atoms with E-state index in [4.69, 9.17) is 4.74 Å². The van der Waals surface area contributed by atoms with Crippen LogP contribution < -0.4 is 5.32 Å². The van der Waals surface area contributed by atoms with E-state index in [0.717, 1.165) is 5.92 Å². The molecule has 0 aromatic heterocycles. The van der Waals surface area contributed by atoms with Crippen molar-refractivity contribution in [1.29, 1.82) is 0 Å². The largest absolute Gasteiger partial charge is 0.381 e. The Morgan fingerprint density at radius 2 is 2.21 bits per heavy atom. The van der Waals surface area contributed by atoms with Crippen LogP contribution in [-0.2, 0) is 4.74 Å². The Morgan fingerprint density at radius 1 is 1.43 bits per heavy atom. The molecular weight excluding hydrogens is 174 g/mol. The first-order chi connectivity index (χ1) is 6.80. The molecule has 14 heavy (non-hydrogen) atoms. The smallest absolute Gasteiger partial charge is 0.0582 e. The molecule has 1 heterocycles. The molecule has 2 fully saturated rings. The van der Waals surface area contributed by atoms with E-state index < -0.39 is 0 Å². The molecule has 0 radical (unpaired) electrons. The fraction of sp³-hybridized carbons (Fsp3) is 1.00. The first-order valence-electron chi connectivity index (χ1n) is 6.04. The first-order valence-corrected chi connectivity index (χ1v) is 6.04. The highest BCUT2D eigenvalue weighted by Crippen LogP contribution is 2.53. The van der Waals surface area contributed by atoms with Gasteiger partial charge in [-0.3, -0.25) is 0 Å². The van der Waals surface area contributed by atoms with Crippen molar-refractivity contribution in [2.45, 2.75) is 45.1 Å². The molecular formula is C12H23NO. The molecule has 82 valence electrons. The molecule has 1 atom stereocenters. The monoisotopic (exact) mass is 197 g/mol. The Morgan fingerprint density at radius 3 is 2.86 bits per heavy atom. The summed E-state index contributed by atoms with van der Waals surface area (Å²) in [6.45, 7) is 4.76. The van der Waals surface area contributed by atoms with Crippen molar-refractivity contribution in [2.24, 2.45) is 11.3 Å². The summed E-state index contributed by atoms with van der Waals surface area (Å²) in [4.78, 5) is 0. The zero-order valence-electron chi connectivity index (χ0n) is 9.51. The second-order valence-corrected chi connectivity index (χ2v) is 5.07. The Hall–Kier alpha value is -0.0800. The number of ether oxygens (including phenoxy) is 1. The van der Waals surface area contributed by atoms with Gasteiger partial charge >= 0.3 is 0 Å². The van der Waals surface area contributed by atoms with Gasteiger partial charge in [-0.25, -0.2) is 0 Å². The summed E-state index contributed by atoms with van der Waals surface area (Å²) >= 11 is 0. The van der Waals surface area contributed by atoms with Crippen LogP contribution in [0.2, 0.25) is 0 Å². The van der Waals surface area contributed by atoms with Gasteiger partial charge in [0.15, 0.2) is 0 Å². The molecule has 1 saturated heterocycles. The first kappa shape index (κ1) is 10.4. The van der Waals surface area contributed by atoms with Crippen LogP contribution in [0.5, 0.6) is 0 Å². The molecule has 0 aromatic carbocycles. The Labute approximate surface area is 87.4 Å². The number of hydrogen-bond acceptors (Lipinski definition) is 2. The zero-order valence-corrected chi connectivity index (χ0v) is 9.51. The molecule has 1 N–H and O–H groups in total. The van der Waals surface area contributed by atoms with Crippen molar-refractivity contribution in [3.8, 4) is 0 Å². The highest BCUT2D eigenvalue weighted by Gasteiger charge is 2.49. The van der Waals surface area contributed by atoms with Gasteiger partial charge in [0.1, 0.15) is 0 Å². The van der Waals surface area contributed by atoms with Crippen LogP contribution in [0, 0.1) is 11.3 Å². The second-order valence-electron chi connectivity index (χ2n) is 5.07. The van der Waals surface area contributed by atoms with Crippen LogP contribution in [0.3, 0.4) is 0 Å². The van der Waals surface area contributed by atoms with Crippen molar-refractivity contribution in [3.05, 3.63) is 0 Å². The molecule has 1 saturated carbocycles. The van der Waals surface area contributed by atoms with Gasteiger partial charge in [0.05, 0.1) is 6.10 Å². The number of hydrogen-bond donors (Lipinski definition) is 1. The van der Waals surface area contributed by atoms with E-state index in [9.17, 15) is 0 Å². The Kier molecular flexibility index (Phi) is 3.13. The third-order valence-electron chi connectivity index (χ3n) is 4.30. The maximum absolute atomic E-state index is 5.42. The highest BCUT2D eigenvalue weighted by atomic mass is 16.5. The highest BCUT2D eigenvalue weighted by molar-refractivity contribution is 5.01. The fourth-order valence-corrected chi connectivity index (χ4v) is 3.34. The third kappa shape index (κ3) is 1.70. The fourth-order valence-electron chi connectivity index (χ4n) is 3.34. The zero-order chi connectivity index (χ0) is 10.0. The van der Waals surface area contributed by atoms with Crippen molar-refractivity contribution in [3.63, 3.8) is 0 Å². The van der Waals surface area contributed by atoms with Crippen LogP contribution in [-0.4, -0.2) is 26.3 Å². The predicted octanol–water partition coefficient (Wildman–Crippen LogP) is 2.19. The molecule has 1 spiro atoms. The number of nitrogens with one attached hydrogen (secondary N) is 1. The molecule has 2 nitrogen and oxygen atoms in total. The molecule has 1 unspecified atom stereocenters. The normalized spacial score (nSPS) is 42.4. The van der Waals surface area contributed by atoms with Crippen LogP contribution >= 0.6 is 0 Å². The molecule has 0 amide bonds. The maximum Gasteiger partial charge on any atom is 0.0582 e. The maximum atomic E-state index is 5.42.